The fourth-order valence-electron chi connectivity index (χ4n) is 1.87. The lowest BCUT2D eigenvalue weighted by Gasteiger charge is -2.41. The van der Waals surface area contributed by atoms with E-state index in [1.807, 2.05) is 11.3 Å². The summed E-state index contributed by atoms with van der Waals surface area (Å²) in [6, 6.07) is 2.19. The van der Waals surface area contributed by atoms with Gasteiger partial charge in [0.25, 0.3) is 0 Å². The van der Waals surface area contributed by atoms with E-state index in [0.29, 0.717) is 5.41 Å². The molecule has 72 valence electrons. The molecule has 13 heavy (non-hydrogen) atoms. The third-order valence-electron chi connectivity index (χ3n) is 2.69. The van der Waals surface area contributed by atoms with Gasteiger partial charge in [-0.05, 0) is 36.1 Å². The number of hydrogen-bond donors (Lipinski definition) is 1. The van der Waals surface area contributed by atoms with E-state index in [1.165, 1.54) is 10.4 Å². The molecule has 1 fully saturated rings. The first-order valence-corrected chi connectivity index (χ1v) is 6.03. The highest BCUT2D eigenvalue weighted by Crippen LogP contribution is 2.40. The molecule has 1 aliphatic heterocycles. The van der Waals surface area contributed by atoms with Gasteiger partial charge in [-0.1, -0.05) is 0 Å². The molecule has 0 N–H and O–H groups in total. The smallest absolute Gasteiger partial charge is 0.0594 e. The van der Waals surface area contributed by atoms with Gasteiger partial charge in [0.15, 0.2) is 0 Å². The Morgan fingerprint density at radius 2 is 2.38 bits per heavy atom. The second-order valence-electron chi connectivity index (χ2n) is 3.68. The van der Waals surface area contributed by atoms with Gasteiger partial charge >= 0.3 is 0 Å². The summed E-state index contributed by atoms with van der Waals surface area (Å²) in [6.07, 6.45) is 1.14. The molecule has 1 aliphatic rings. The van der Waals surface area contributed by atoms with E-state index in [2.05, 4.69) is 31.0 Å². The summed E-state index contributed by atoms with van der Waals surface area (Å²) in [6.45, 7) is 3.95. The SMILES string of the molecule is Cc1ccsc1C1(CCS)COC1. The van der Waals surface area contributed by atoms with Crippen LogP contribution >= 0.6 is 24.0 Å². The Morgan fingerprint density at radius 3 is 2.77 bits per heavy atom. The van der Waals surface area contributed by atoms with Gasteiger partial charge in [0.05, 0.1) is 18.6 Å². The Kier molecular flexibility index (Phi) is 2.67. The molecule has 0 saturated carbocycles. The van der Waals surface area contributed by atoms with Gasteiger partial charge in [-0.25, -0.2) is 0 Å². The van der Waals surface area contributed by atoms with Crippen LogP contribution in [0.15, 0.2) is 11.4 Å². The molecule has 1 aromatic rings. The molecule has 1 nitrogen and oxygen atoms in total. The second-order valence-corrected chi connectivity index (χ2v) is 5.04. The number of aryl methyl sites for hydroxylation is 1. The minimum Gasteiger partial charge on any atom is -0.379 e. The zero-order chi connectivity index (χ0) is 9.31. The van der Waals surface area contributed by atoms with Crippen molar-refractivity contribution < 1.29 is 4.74 Å². The third kappa shape index (κ3) is 1.53. The summed E-state index contributed by atoms with van der Waals surface area (Å²) < 4.78 is 5.34. The van der Waals surface area contributed by atoms with Crippen LogP contribution in [0.5, 0.6) is 0 Å². The molecular weight excluding hydrogens is 200 g/mol. The Balaban J connectivity index is 2.26. The standard InChI is InChI=1S/C10H14OS2/c1-8-2-5-13-9(8)10(3-4-12)6-11-7-10/h2,5,12H,3-4,6-7H2,1H3. The van der Waals surface area contributed by atoms with Crippen LogP contribution in [0, 0.1) is 6.92 Å². The third-order valence-corrected chi connectivity index (χ3v) is 4.18. The molecule has 0 unspecified atom stereocenters. The molecule has 0 spiro atoms. The summed E-state index contributed by atoms with van der Waals surface area (Å²) in [5, 5.41) is 2.17. The lowest BCUT2D eigenvalue weighted by molar-refractivity contribution is -0.0597. The molecule has 0 amide bonds. The van der Waals surface area contributed by atoms with Crippen molar-refractivity contribution >= 4 is 24.0 Å². The average molecular weight is 214 g/mol. The molecule has 2 rings (SSSR count). The molecule has 1 saturated heterocycles. The Labute approximate surface area is 88.5 Å². The molecule has 0 aromatic carbocycles. The van der Waals surface area contributed by atoms with E-state index in [4.69, 9.17) is 4.74 Å². The molecule has 0 bridgehead atoms. The maximum atomic E-state index is 5.34. The maximum absolute atomic E-state index is 5.34. The van der Waals surface area contributed by atoms with Crippen LogP contribution in [0.25, 0.3) is 0 Å². The molecule has 1 aromatic heterocycles. The first-order chi connectivity index (χ1) is 6.28. The quantitative estimate of drug-likeness (QED) is 0.761. The first kappa shape index (κ1) is 9.56. The van der Waals surface area contributed by atoms with E-state index in [9.17, 15) is 0 Å². The first-order valence-electron chi connectivity index (χ1n) is 4.52. The second kappa shape index (κ2) is 3.64. The van der Waals surface area contributed by atoms with Crippen LogP contribution in [0.3, 0.4) is 0 Å². The molecule has 2 heterocycles. The van der Waals surface area contributed by atoms with Crippen molar-refractivity contribution in [3.63, 3.8) is 0 Å². The van der Waals surface area contributed by atoms with Gasteiger partial charge in [-0.2, -0.15) is 12.6 Å². The largest absolute Gasteiger partial charge is 0.379 e. The van der Waals surface area contributed by atoms with E-state index in [0.717, 1.165) is 25.4 Å². The number of thiol groups is 1. The van der Waals surface area contributed by atoms with Crippen LogP contribution < -0.4 is 0 Å². The monoisotopic (exact) mass is 214 g/mol. The van der Waals surface area contributed by atoms with E-state index in [1.54, 1.807) is 0 Å². The van der Waals surface area contributed by atoms with Crippen LogP contribution in [0.4, 0.5) is 0 Å². The number of ether oxygens (including phenoxy) is 1. The van der Waals surface area contributed by atoms with Crippen molar-refractivity contribution in [1.29, 1.82) is 0 Å². The van der Waals surface area contributed by atoms with Crippen molar-refractivity contribution in [2.45, 2.75) is 18.8 Å². The normalized spacial score (nSPS) is 19.8. The average Bonchev–Trinajstić information content (AvgIpc) is 2.44. The highest BCUT2D eigenvalue weighted by Gasteiger charge is 2.41. The Morgan fingerprint density at radius 1 is 1.62 bits per heavy atom. The minimum absolute atomic E-state index is 0.306. The zero-order valence-electron chi connectivity index (χ0n) is 7.75. The van der Waals surface area contributed by atoms with Crippen molar-refractivity contribution in [3.8, 4) is 0 Å². The number of rotatable bonds is 3. The number of thiophene rings is 1. The minimum atomic E-state index is 0.306. The maximum Gasteiger partial charge on any atom is 0.0594 e. The molecule has 0 radical (unpaired) electrons. The molecule has 0 atom stereocenters. The Bertz CT molecular complexity index is 289. The van der Waals surface area contributed by atoms with E-state index >= 15 is 0 Å². The van der Waals surface area contributed by atoms with Gasteiger partial charge in [0, 0.05) is 4.88 Å². The summed E-state index contributed by atoms with van der Waals surface area (Å²) in [7, 11) is 0. The predicted octanol–water partition coefficient (Wildman–Crippen LogP) is 2.64. The summed E-state index contributed by atoms with van der Waals surface area (Å²) in [5.41, 5.74) is 1.72. The molecule has 0 aliphatic carbocycles. The molecular formula is C10H14OS2. The van der Waals surface area contributed by atoms with Crippen LogP contribution in [-0.4, -0.2) is 19.0 Å². The molecule has 3 heteroatoms. The lowest BCUT2D eigenvalue weighted by atomic mass is 9.80. The van der Waals surface area contributed by atoms with Crippen molar-refractivity contribution in [2.24, 2.45) is 0 Å². The highest BCUT2D eigenvalue weighted by atomic mass is 32.1. The number of hydrogen-bond acceptors (Lipinski definition) is 3. The van der Waals surface area contributed by atoms with Gasteiger partial charge in [0.2, 0.25) is 0 Å². The predicted molar refractivity (Wildman–Crippen MR) is 60.0 cm³/mol. The zero-order valence-corrected chi connectivity index (χ0v) is 9.46. The van der Waals surface area contributed by atoms with Crippen LogP contribution in [-0.2, 0) is 10.2 Å². The van der Waals surface area contributed by atoms with Crippen molar-refractivity contribution in [2.75, 3.05) is 19.0 Å². The Hall–Kier alpha value is 0.01000. The summed E-state index contributed by atoms with van der Waals surface area (Å²) >= 11 is 6.17. The fraction of sp³-hybridized carbons (Fsp3) is 0.600. The summed E-state index contributed by atoms with van der Waals surface area (Å²) in [5.74, 6) is 0.945. The van der Waals surface area contributed by atoms with Crippen LogP contribution in [0.2, 0.25) is 0 Å². The van der Waals surface area contributed by atoms with E-state index in [-0.39, 0.29) is 0 Å². The highest BCUT2D eigenvalue weighted by molar-refractivity contribution is 7.80. The van der Waals surface area contributed by atoms with Crippen molar-refractivity contribution in [1.82, 2.24) is 0 Å². The van der Waals surface area contributed by atoms with Gasteiger partial charge in [-0.15, -0.1) is 11.3 Å². The lowest BCUT2D eigenvalue weighted by Crippen LogP contribution is -2.46. The summed E-state index contributed by atoms with van der Waals surface area (Å²) in [4.78, 5) is 1.51. The van der Waals surface area contributed by atoms with Crippen molar-refractivity contribution in [3.05, 3.63) is 21.9 Å². The van der Waals surface area contributed by atoms with Gasteiger partial charge in [0.1, 0.15) is 0 Å². The fourth-order valence-corrected chi connectivity index (χ4v) is 3.43. The van der Waals surface area contributed by atoms with Gasteiger partial charge in [-0.3, -0.25) is 0 Å². The van der Waals surface area contributed by atoms with E-state index < -0.39 is 0 Å². The van der Waals surface area contributed by atoms with Gasteiger partial charge < -0.3 is 4.74 Å². The topological polar surface area (TPSA) is 9.23 Å². The van der Waals surface area contributed by atoms with Crippen LogP contribution in [0.1, 0.15) is 16.9 Å².